The second kappa shape index (κ2) is 4.66. The van der Waals surface area contributed by atoms with Gasteiger partial charge in [0, 0.05) is 5.54 Å². The van der Waals surface area contributed by atoms with Crippen molar-refractivity contribution >= 4 is 31.9 Å². The number of alkyl halides is 1. The smallest absolute Gasteiger partial charge is 0.319 e. The van der Waals surface area contributed by atoms with Crippen LogP contribution in [0.5, 0.6) is 0 Å². The molecule has 3 heterocycles. The van der Waals surface area contributed by atoms with Crippen molar-refractivity contribution in [2.45, 2.75) is 74.1 Å². The van der Waals surface area contributed by atoms with Crippen LogP contribution in [0.25, 0.3) is 0 Å². The summed E-state index contributed by atoms with van der Waals surface area (Å²) in [6.45, 7) is 7.25. The predicted molar refractivity (Wildman–Crippen MR) is 79.6 cm³/mol. The summed E-state index contributed by atoms with van der Waals surface area (Å²) < 4.78 is 38.3. The molecule has 120 valence electrons. The second-order valence-electron chi connectivity index (χ2n) is 6.93. The Morgan fingerprint density at radius 1 is 1.43 bits per heavy atom. The van der Waals surface area contributed by atoms with E-state index in [4.69, 9.17) is 9.47 Å². The lowest BCUT2D eigenvalue weighted by molar-refractivity contribution is -0.152. The Kier molecular flexibility index (Phi) is 3.48. The Bertz CT molecular complexity index is 570. The number of sulfonamides is 1. The highest BCUT2D eigenvalue weighted by Crippen LogP contribution is 2.51. The monoisotopic (exact) mass is 381 g/mol. The summed E-state index contributed by atoms with van der Waals surface area (Å²) in [4.78, 5) is 11.5. The van der Waals surface area contributed by atoms with Gasteiger partial charge in [0.25, 0.3) is 0 Å². The van der Waals surface area contributed by atoms with E-state index in [2.05, 4.69) is 15.9 Å². The largest absolute Gasteiger partial charge is 0.457 e. The summed E-state index contributed by atoms with van der Waals surface area (Å²) in [5.74, 6) is -0.383. The van der Waals surface area contributed by atoms with Crippen molar-refractivity contribution in [1.29, 1.82) is 0 Å². The number of esters is 1. The average Bonchev–Trinajstić information content (AvgIpc) is 2.90. The first-order chi connectivity index (χ1) is 9.55. The van der Waals surface area contributed by atoms with E-state index in [9.17, 15) is 13.2 Å². The minimum absolute atomic E-state index is 0.317. The summed E-state index contributed by atoms with van der Waals surface area (Å²) in [7, 11) is -3.41. The molecule has 3 aliphatic heterocycles. The number of hydrogen-bond acceptors (Lipinski definition) is 5. The minimum atomic E-state index is -3.41. The van der Waals surface area contributed by atoms with Crippen molar-refractivity contribution < 1.29 is 22.7 Å². The molecule has 6 unspecified atom stereocenters. The molecule has 0 amide bonds. The number of hydrogen-bond donors (Lipinski definition) is 0. The van der Waals surface area contributed by atoms with Gasteiger partial charge in [-0.3, -0.25) is 4.79 Å². The number of carbonyl (C=O) groups is 1. The Morgan fingerprint density at radius 2 is 2.05 bits per heavy atom. The van der Waals surface area contributed by atoms with Crippen LogP contribution in [-0.2, 0) is 24.3 Å². The van der Waals surface area contributed by atoms with Gasteiger partial charge in [0.1, 0.15) is 16.2 Å². The Balaban J connectivity index is 1.96. The average molecular weight is 382 g/mol. The topological polar surface area (TPSA) is 72.9 Å². The maximum atomic E-state index is 12.7. The van der Waals surface area contributed by atoms with E-state index >= 15 is 0 Å². The molecule has 6 nitrogen and oxygen atoms in total. The van der Waals surface area contributed by atoms with Gasteiger partial charge in [-0.25, -0.2) is 8.42 Å². The zero-order chi connectivity index (χ0) is 15.7. The van der Waals surface area contributed by atoms with Crippen LogP contribution < -0.4 is 0 Å². The molecule has 0 saturated carbocycles. The number of fused-ring (bicyclic) bond motifs is 1. The van der Waals surface area contributed by atoms with Gasteiger partial charge in [0.05, 0.1) is 18.2 Å². The van der Waals surface area contributed by atoms with Crippen LogP contribution in [-0.4, -0.2) is 58.7 Å². The van der Waals surface area contributed by atoms with Crippen LogP contribution in [0.3, 0.4) is 0 Å². The lowest BCUT2D eigenvalue weighted by Gasteiger charge is -2.36. The fraction of sp³-hybridized carbons (Fsp3) is 0.923. The van der Waals surface area contributed by atoms with Gasteiger partial charge in [0.15, 0.2) is 0 Å². The molecule has 6 atom stereocenters. The molecule has 3 saturated heterocycles. The van der Waals surface area contributed by atoms with Gasteiger partial charge in [-0.05, 0) is 34.1 Å². The standard InChI is InChI=1S/C13H20BrNO5S/c1-6(14)12(16)20-10-7-5-8-11(19-7)9(10)15(13(2,3)4)21(8,17)18/h6-11H,5H2,1-4H3. The highest BCUT2D eigenvalue weighted by molar-refractivity contribution is 9.10. The number of rotatable bonds is 2. The molecule has 0 aromatic carbocycles. The second-order valence-corrected chi connectivity index (χ2v) is 10.3. The SMILES string of the molecule is CC(Br)C(=O)OC1C2CC3C(O2)C1N(C(C)(C)C)S3(=O)=O. The summed E-state index contributed by atoms with van der Waals surface area (Å²) in [5, 5.41) is -0.497. The van der Waals surface area contributed by atoms with Crippen LogP contribution in [0.4, 0.5) is 0 Å². The Labute approximate surface area is 133 Å². The van der Waals surface area contributed by atoms with Crippen molar-refractivity contribution in [2.75, 3.05) is 0 Å². The Hall–Kier alpha value is -0.180. The van der Waals surface area contributed by atoms with Gasteiger partial charge in [0.2, 0.25) is 10.0 Å². The maximum Gasteiger partial charge on any atom is 0.319 e. The summed E-state index contributed by atoms with van der Waals surface area (Å²) >= 11 is 3.18. The van der Waals surface area contributed by atoms with Crippen LogP contribution in [0.1, 0.15) is 34.1 Å². The first-order valence-electron chi connectivity index (χ1n) is 7.08. The maximum absolute atomic E-state index is 12.7. The zero-order valence-corrected chi connectivity index (χ0v) is 14.8. The fourth-order valence-corrected chi connectivity index (χ4v) is 6.44. The molecule has 21 heavy (non-hydrogen) atoms. The fourth-order valence-electron chi connectivity index (χ4n) is 3.70. The number of carbonyl (C=O) groups excluding carboxylic acids is 1. The third-order valence-corrected chi connectivity index (χ3v) is 7.31. The normalized spacial score (nSPS) is 42.2. The van der Waals surface area contributed by atoms with Crippen LogP contribution in [0.2, 0.25) is 0 Å². The van der Waals surface area contributed by atoms with E-state index in [1.165, 1.54) is 4.31 Å². The van der Waals surface area contributed by atoms with Crippen molar-refractivity contribution in [3.63, 3.8) is 0 Å². The van der Waals surface area contributed by atoms with E-state index in [0.29, 0.717) is 6.42 Å². The van der Waals surface area contributed by atoms with Crippen molar-refractivity contribution in [3.05, 3.63) is 0 Å². The molecule has 0 N–H and O–H groups in total. The predicted octanol–water partition coefficient (Wildman–Crippen LogP) is 1.03. The van der Waals surface area contributed by atoms with E-state index in [1.807, 2.05) is 20.8 Å². The lowest BCUT2D eigenvalue weighted by atomic mass is 9.90. The Morgan fingerprint density at radius 3 is 2.57 bits per heavy atom. The third kappa shape index (κ3) is 2.17. The number of halogens is 1. The zero-order valence-electron chi connectivity index (χ0n) is 12.4. The molecule has 3 fully saturated rings. The van der Waals surface area contributed by atoms with E-state index < -0.39 is 37.8 Å². The van der Waals surface area contributed by atoms with Crippen molar-refractivity contribution in [2.24, 2.45) is 0 Å². The molecule has 0 spiro atoms. The molecule has 2 bridgehead atoms. The molecule has 0 aromatic heterocycles. The van der Waals surface area contributed by atoms with Gasteiger partial charge >= 0.3 is 5.97 Å². The summed E-state index contributed by atoms with van der Waals surface area (Å²) in [5.41, 5.74) is -0.566. The van der Waals surface area contributed by atoms with Gasteiger partial charge < -0.3 is 9.47 Å². The van der Waals surface area contributed by atoms with Gasteiger partial charge in [-0.15, -0.1) is 0 Å². The molecular weight excluding hydrogens is 362 g/mol. The molecular formula is C13H20BrNO5S. The highest BCUT2D eigenvalue weighted by atomic mass is 79.9. The molecule has 3 aliphatic rings. The van der Waals surface area contributed by atoms with E-state index in [1.54, 1.807) is 6.92 Å². The van der Waals surface area contributed by atoms with Crippen LogP contribution in [0.15, 0.2) is 0 Å². The highest BCUT2D eigenvalue weighted by Gasteiger charge is 2.70. The van der Waals surface area contributed by atoms with Crippen molar-refractivity contribution in [1.82, 2.24) is 4.31 Å². The molecule has 8 heteroatoms. The van der Waals surface area contributed by atoms with Gasteiger partial charge in [-0.1, -0.05) is 15.9 Å². The first kappa shape index (κ1) is 15.7. The summed E-state index contributed by atoms with van der Waals surface area (Å²) in [6, 6.07) is -0.408. The third-order valence-electron chi connectivity index (χ3n) is 4.37. The minimum Gasteiger partial charge on any atom is -0.457 e. The van der Waals surface area contributed by atoms with Crippen LogP contribution >= 0.6 is 15.9 Å². The quantitative estimate of drug-likeness (QED) is 0.527. The molecule has 0 aromatic rings. The molecule has 0 aliphatic carbocycles. The lowest BCUT2D eigenvalue weighted by Crippen LogP contribution is -2.53. The van der Waals surface area contributed by atoms with Gasteiger partial charge in [-0.2, -0.15) is 4.31 Å². The molecule has 0 radical (unpaired) electrons. The number of nitrogens with zero attached hydrogens (tertiary/aromatic N) is 1. The summed E-state index contributed by atoms with van der Waals surface area (Å²) in [6.07, 6.45) is -0.815. The van der Waals surface area contributed by atoms with Crippen molar-refractivity contribution in [3.8, 4) is 0 Å². The van der Waals surface area contributed by atoms with E-state index in [-0.39, 0.29) is 18.2 Å². The van der Waals surface area contributed by atoms with Crippen LogP contribution in [0, 0.1) is 0 Å². The van der Waals surface area contributed by atoms with E-state index in [0.717, 1.165) is 0 Å². The molecule has 3 rings (SSSR count). The number of ether oxygens (including phenoxy) is 2. The first-order valence-corrected chi connectivity index (χ1v) is 9.50.